The fraction of sp³-hybridized carbons (Fsp3) is 0.600. The molecule has 118 valence electrons. The Balaban J connectivity index is 1.83. The molecular formula is C15H20F4N2. The van der Waals surface area contributed by atoms with Crippen LogP contribution in [0.3, 0.4) is 0 Å². The Labute approximate surface area is 122 Å². The minimum Gasteiger partial charge on any atom is -0.311 e. The van der Waals surface area contributed by atoms with E-state index in [2.05, 4.69) is 10.2 Å². The van der Waals surface area contributed by atoms with Crippen LogP contribution < -0.4 is 5.32 Å². The predicted octanol–water partition coefficient (Wildman–Crippen LogP) is 3.42. The first-order chi connectivity index (χ1) is 9.98. The van der Waals surface area contributed by atoms with Crippen LogP contribution in [0.4, 0.5) is 17.6 Å². The van der Waals surface area contributed by atoms with Crippen LogP contribution in [0.25, 0.3) is 0 Å². The molecule has 0 spiro atoms. The third-order valence-corrected chi connectivity index (χ3v) is 3.75. The Morgan fingerprint density at radius 1 is 1.10 bits per heavy atom. The number of hydrogen-bond donors (Lipinski definition) is 1. The van der Waals surface area contributed by atoms with Crippen LogP contribution in [0.15, 0.2) is 18.2 Å². The molecule has 1 N–H and O–H groups in total. The van der Waals surface area contributed by atoms with Crippen molar-refractivity contribution in [3.63, 3.8) is 0 Å². The summed E-state index contributed by atoms with van der Waals surface area (Å²) in [4.78, 5) is 2.32. The van der Waals surface area contributed by atoms with Gasteiger partial charge in [-0.1, -0.05) is 18.6 Å². The summed E-state index contributed by atoms with van der Waals surface area (Å²) in [6.45, 7) is 3.75. The molecule has 1 aliphatic heterocycles. The van der Waals surface area contributed by atoms with Gasteiger partial charge >= 0.3 is 6.18 Å². The van der Waals surface area contributed by atoms with Gasteiger partial charge in [0.1, 0.15) is 5.82 Å². The van der Waals surface area contributed by atoms with Crippen molar-refractivity contribution >= 4 is 0 Å². The smallest absolute Gasteiger partial charge is 0.311 e. The molecule has 6 heteroatoms. The van der Waals surface area contributed by atoms with E-state index in [0.29, 0.717) is 6.54 Å². The molecule has 1 fully saturated rings. The average molecular weight is 304 g/mol. The Hall–Kier alpha value is -1.14. The minimum atomic E-state index is -4.64. The zero-order chi connectivity index (χ0) is 15.3. The zero-order valence-corrected chi connectivity index (χ0v) is 11.8. The van der Waals surface area contributed by atoms with Crippen molar-refractivity contribution < 1.29 is 17.6 Å². The first-order valence-electron chi connectivity index (χ1n) is 7.26. The van der Waals surface area contributed by atoms with E-state index < -0.39 is 17.6 Å². The first kappa shape index (κ1) is 16.2. The van der Waals surface area contributed by atoms with Crippen molar-refractivity contribution in [1.82, 2.24) is 10.2 Å². The lowest BCUT2D eigenvalue weighted by atomic mass is 10.1. The molecule has 0 unspecified atom stereocenters. The quantitative estimate of drug-likeness (QED) is 0.662. The van der Waals surface area contributed by atoms with Crippen LogP contribution in [0, 0.1) is 5.82 Å². The van der Waals surface area contributed by atoms with E-state index in [0.717, 1.165) is 25.7 Å². The van der Waals surface area contributed by atoms with Crippen molar-refractivity contribution in [1.29, 1.82) is 0 Å². The topological polar surface area (TPSA) is 15.3 Å². The molecule has 2 rings (SSSR count). The highest BCUT2D eigenvalue weighted by molar-refractivity contribution is 5.28. The van der Waals surface area contributed by atoms with E-state index in [4.69, 9.17) is 0 Å². The predicted molar refractivity (Wildman–Crippen MR) is 73.4 cm³/mol. The maximum Gasteiger partial charge on any atom is 0.419 e. The van der Waals surface area contributed by atoms with Crippen LogP contribution in [0.5, 0.6) is 0 Å². The minimum absolute atomic E-state index is 0.0588. The van der Waals surface area contributed by atoms with Crippen LogP contribution in [0.2, 0.25) is 0 Å². The van der Waals surface area contributed by atoms with Crippen LogP contribution in [-0.2, 0) is 12.7 Å². The summed E-state index contributed by atoms with van der Waals surface area (Å²) < 4.78 is 51.6. The fourth-order valence-electron chi connectivity index (χ4n) is 2.58. The number of hydrogen-bond acceptors (Lipinski definition) is 2. The van der Waals surface area contributed by atoms with Gasteiger partial charge in [-0.3, -0.25) is 0 Å². The van der Waals surface area contributed by atoms with E-state index in [9.17, 15) is 17.6 Å². The summed E-state index contributed by atoms with van der Waals surface area (Å²) in [6, 6.07) is 3.40. The van der Waals surface area contributed by atoms with E-state index in [1.165, 1.54) is 31.4 Å². The fourth-order valence-corrected chi connectivity index (χ4v) is 2.58. The van der Waals surface area contributed by atoms with Gasteiger partial charge in [-0.25, -0.2) is 4.39 Å². The van der Waals surface area contributed by atoms with Crippen LogP contribution in [-0.4, -0.2) is 31.1 Å². The van der Waals surface area contributed by atoms with Crippen molar-refractivity contribution in [2.75, 3.05) is 26.2 Å². The second kappa shape index (κ2) is 7.22. The lowest BCUT2D eigenvalue weighted by Crippen LogP contribution is -2.35. The normalized spacial score (nSPS) is 17.1. The molecule has 0 radical (unpaired) electrons. The number of rotatable bonds is 5. The molecule has 1 saturated heterocycles. The third-order valence-electron chi connectivity index (χ3n) is 3.75. The summed E-state index contributed by atoms with van der Waals surface area (Å²) in [7, 11) is 0. The van der Waals surface area contributed by atoms with Gasteiger partial charge < -0.3 is 10.2 Å². The monoisotopic (exact) mass is 304 g/mol. The molecule has 0 atom stereocenters. The van der Waals surface area contributed by atoms with Gasteiger partial charge in [0.15, 0.2) is 0 Å². The standard InChI is InChI=1S/C15H20F4N2/c16-14-12(5-4-6-13(14)15(17,18)19)11-20-7-10-21-8-2-1-3-9-21/h4-6,20H,1-3,7-11H2. The van der Waals surface area contributed by atoms with Crippen molar-refractivity contribution in [2.45, 2.75) is 32.0 Å². The van der Waals surface area contributed by atoms with Gasteiger partial charge in [-0.05, 0) is 32.0 Å². The molecule has 0 saturated carbocycles. The lowest BCUT2D eigenvalue weighted by Gasteiger charge is -2.26. The number of benzene rings is 1. The Bertz CT molecular complexity index is 453. The van der Waals surface area contributed by atoms with Crippen LogP contribution in [0.1, 0.15) is 30.4 Å². The third kappa shape index (κ3) is 4.68. The number of nitrogens with one attached hydrogen (secondary N) is 1. The molecule has 1 heterocycles. The molecule has 0 amide bonds. The SMILES string of the molecule is Fc1c(CNCCN2CCCCC2)cccc1C(F)(F)F. The van der Waals surface area contributed by atoms with Gasteiger partial charge in [0.05, 0.1) is 5.56 Å². The number of alkyl halides is 3. The Morgan fingerprint density at radius 3 is 2.48 bits per heavy atom. The number of nitrogens with zero attached hydrogens (tertiary/aromatic N) is 1. The largest absolute Gasteiger partial charge is 0.419 e. The van der Waals surface area contributed by atoms with Crippen LogP contribution >= 0.6 is 0 Å². The van der Waals surface area contributed by atoms with E-state index in [-0.39, 0.29) is 12.1 Å². The summed E-state index contributed by atoms with van der Waals surface area (Å²) >= 11 is 0. The van der Waals surface area contributed by atoms with Crippen molar-refractivity contribution in [3.05, 3.63) is 35.1 Å². The van der Waals surface area contributed by atoms with Gasteiger partial charge in [0.25, 0.3) is 0 Å². The molecule has 1 aromatic carbocycles. The second-order valence-corrected chi connectivity index (χ2v) is 5.36. The molecule has 1 aromatic rings. The molecular weight excluding hydrogens is 284 g/mol. The number of halogens is 4. The molecule has 1 aliphatic rings. The van der Waals surface area contributed by atoms with E-state index >= 15 is 0 Å². The van der Waals surface area contributed by atoms with Crippen molar-refractivity contribution in [2.24, 2.45) is 0 Å². The van der Waals surface area contributed by atoms with Gasteiger partial charge in [0.2, 0.25) is 0 Å². The summed E-state index contributed by atoms with van der Waals surface area (Å²) in [5, 5.41) is 3.02. The second-order valence-electron chi connectivity index (χ2n) is 5.36. The molecule has 0 bridgehead atoms. The average Bonchev–Trinajstić information content (AvgIpc) is 2.45. The maximum atomic E-state index is 13.8. The highest BCUT2D eigenvalue weighted by atomic mass is 19.4. The molecule has 21 heavy (non-hydrogen) atoms. The summed E-state index contributed by atoms with van der Waals surface area (Å²) in [6.07, 6.45) is -0.988. The molecule has 0 aromatic heterocycles. The summed E-state index contributed by atoms with van der Waals surface area (Å²) in [5.41, 5.74) is -1.14. The van der Waals surface area contributed by atoms with Gasteiger partial charge in [-0.2, -0.15) is 13.2 Å². The molecule has 0 aliphatic carbocycles. The van der Waals surface area contributed by atoms with Crippen molar-refractivity contribution in [3.8, 4) is 0 Å². The highest BCUT2D eigenvalue weighted by Crippen LogP contribution is 2.32. The Kier molecular flexibility index (Phi) is 5.58. The highest BCUT2D eigenvalue weighted by Gasteiger charge is 2.34. The first-order valence-corrected chi connectivity index (χ1v) is 7.26. The summed E-state index contributed by atoms with van der Waals surface area (Å²) in [5.74, 6) is -1.17. The molecule has 2 nitrogen and oxygen atoms in total. The number of piperidine rings is 1. The lowest BCUT2D eigenvalue weighted by molar-refractivity contribution is -0.140. The maximum absolute atomic E-state index is 13.8. The van der Waals surface area contributed by atoms with E-state index in [1.807, 2.05) is 0 Å². The Morgan fingerprint density at radius 2 is 1.81 bits per heavy atom. The zero-order valence-electron chi connectivity index (χ0n) is 11.8. The van der Waals surface area contributed by atoms with E-state index in [1.54, 1.807) is 0 Å². The van der Waals surface area contributed by atoms with Gasteiger partial charge in [-0.15, -0.1) is 0 Å². The van der Waals surface area contributed by atoms with Gasteiger partial charge in [0, 0.05) is 25.2 Å². The number of likely N-dealkylation sites (tertiary alicyclic amines) is 1.